The zero-order valence-corrected chi connectivity index (χ0v) is 8.81. The van der Waals surface area contributed by atoms with E-state index in [0.717, 1.165) is 17.8 Å². The molecule has 1 aromatic rings. The van der Waals surface area contributed by atoms with E-state index in [1.807, 2.05) is 36.2 Å². The van der Waals surface area contributed by atoms with Crippen LogP contribution in [0.4, 0.5) is 5.69 Å². The van der Waals surface area contributed by atoms with Crippen molar-refractivity contribution >= 4 is 11.7 Å². The lowest BCUT2D eigenvalue weighted by Crippen LogP contribution is -2.24. The molecule has 0 saturated carbocycles. The molecule has 15 heavy (non-hydrogen) atoms. The average molecular weight is 208 g/mol. The van der Waals surface area contributed by atoms with Crippen LogP contribution in [0.2, 0.25) is 0 Å². The zero-order valence-electron chi connectivity index (χ0n) is 8.81. The van der Waals surface area contributed by atoms with Gasteiger partial charge in [0.15, 0.2) is 0 Å². The molecule has 3 N–H and O–H groups in total. The Morgan fingerprint density at radius 1 is 1.40 bits per heavy atom. The summed E-state index contributed by atoms with van der Waals surface area (Å²) in [6.45, 7) is 1.39. The summed E-state index contributed by atoms with van der Waals surface area (Å²) in [5, 5.41) is 8.60. The second-order valence-electron chi connectivity index (χ2n) is 3.45. The number of rotatable bonds is 5. The Hall–Kier alpha value is -1.55. The van der Waals surface area contributed by atoms with Crippen molar-refractivity contribution in [1.82, 2.24) is 0 Å². The van der Waals surface area contributed by atoms with E-state index in [2.05, 4.69) is 0 Å². The minimum absolute atomic E-state index is 0.0703. The van der Waals surface area contributed by atoms with Gasteiger partial charge in [-0.3, -0.25) is 4.79 Å². The number of carboxylic acids is 1. The number of carbonyl (C=O) groups is 1. The summed E-state index contributed by atoms with van der Waals surface area (Å²) in [5.74, 6) is -0.807. The molecule has 0 aromatic heterocycles. The molecule has 0 aliphatic heterocycles. The zero-order chi connectivity index (χ0) is 11.3. The predicted octanol–water partition coefficient (Wildman–Crippen LogP) is 0.709. The van der Waals surface area contributed by atoms with Gasteiger partial charge in [-0.05, 0) is 17.7 Å². The Kier molecular flexibility index (Phi) is 4.12. The Labute approximate surface area is 89.3 Å². The topological polar surface area (TPSA) is 66.6 Å². The van der Waals surface area contributed by atoms with Gasteiger partial charge in [0.2, 0.25) is 0 Å². The van der Waals surface area contributed by atoms with Gasteiger partial charge in [0.1, 0.15) is 0 Å². The Bertz CT molecular complexity index is 322. The van der Waals surface area contributed by atoms with Crippen molar-refractivity contribution in [3.63, 3.8) is 0 Å². The molecule has 0 radical (unpaired) electrons. The normalized spacial score (nSPS) is 10.0. The van der Waals surface area contributed by atoms with Gasteiger partial charge in [0, 0.05) is 25.8 Å². The third kappa shape index (κ3) is 3.59. The van der Waals surface area contributed by atoms with Gasteiger partial charge >= 0.3 is 5.97 Å². The van der Waals surface area contributed by atoms with Crippen molar-refractivity contribution in [3.8, 4) is 0 Å². The second kappa shape index (κ2) is 5.36. The first kappa shape index (κ1) is 11.5. The molecule has 0 saturated heterocycles. The van der Waals surface area contributed by atoms with Gasteiger partial charge in [-0.2, -0.15) is 0 Å². The van der Waals surface area contributed by atoms with Gasteiger partial charge in [0.05, 0.1) is 6.42 Å². The highest BCUT2D eigenvalue weighted by Crippen LogP contribution is 2.13. The molecule has 0 aliphatic carbocycles. The number of likely N-dealkylation sites (N-methyl/N-ethyl adjacent to an activating group) is 1. The third-order valence-corrected chi connectivity index (χ3v) is 2.20. The first-order valence-corrected chi connectivity index (χ1v) is 4.85. The van der Waals surface area contributed by atoms with Crippen LogP contribution in [-0.4, -0.2) is 31.2 Å². The molecular formula is C11H16N2O2. The largest absolute Gasteiger partial charge is 0.481 e. The summed E-state index contributed by atoms with van der Waals surface area (Å²) in [7, 11) is 1.96. The van der Waals surface area contributed by atoms with E-state index in [1.54, 1.807) is 0 Å². The smallest absolute Gasteiger partial charge is 0.307 e. The van der Waals surface area contributed by atoms with Crippen molar-refractivity contribution in [2.24, 2.45) is 5.73 Å². The van der Waals surface area contributed by atoms with E-state index in [0.29, 0.717) is 6.54 Å². The maximum Gasteiger partial charge on any atom is 0.307 e. The van der Waals surface area contributed by atoms with Crippen LogP contribution in [-0.2, 0) is 11.2 Å². The first-order valence-electron chi connectivity index (χ1n) is 4.85. The predicted molar refractivity (Wildman–Crippen MR) is 60.1 cm³/mol. The molecule has 0 bridgehead atoms. The number of aliphatic carboxylic acids is 1. The summed E-state index contributed by atoms with van der Waals surface area (Å²) in [6.07, 6.45) is 0.0703. The molecule has 1 aromatic carbocycles. The van der Waals surface area contributed by atoms with Crippen molar-refractivity contribution in [2.45, 2.75) is 6.42 Å². The summed E-state index contributed by atoms with van der Waals surface area (Å²) < 4.78 is 0. The molecule has 1 rings (SSSR count). The van der Waals surface area contributed by atoms with Crippen molar-refractivity contribution in [3.05, 3.63) is 29.8 Å². The van der Waals surface area contributed by atoms with Crippen molar-refractivity contribution in [2.75, 3.05) is 25.0 Å². The standard InChI is InChI=1S/C11H16N2O2/c1-13(7-6-12)10-4-2-9(3-5-10)8-11(14)15/h2-5H,6-8,12H2,1H3,(H,14,15). The van der Waals surface area contributed by atoms with E-state index in [1.165, 1.54) is 0 Å². The lowest BCUT2D eigenvalue weighted by atomic mass is 10.1. The quantitative estimate of drug-likeness (QED) is 0.747. The highest BCUT2D eigenvalue weighted by atomic mass is 16.4. The summed E-state index contributed by atoms with van der Waals surface area (Å²) >= 11 is 0. The number of hydrogen-bond donors (Lipinski definition) is 2. The van der Waals surface area contributed by atoms with E-state index in [9.17, 15) is 4.79 Å². The fourth-order valence-corrected chi connectivity index (χ4v) is 1.37. The van der Waals surface area contributed by atoms with Crippen molar-refractivity contribution < 1.29 is 9.90 Å². The number of anilines is 1. The van der Waals surface area contributed by atoms with Crippen molar-refractivity contribution in [1.29, 1.82) is 0 Å². The summed E-state index contributed by atoms with van der Waals surface area (Å²) in [6, 6.07) is 7.48. The number of nitrogens with zero attached hydrogens (tertiary/aromatic N) is 1. The molecule has 82 valence electrons. The van der Waals surface area contributed by atoms with Gasteiger partial charge < -0.3 is 15.7 Å². The van der Waals surface area contributed by atoms with Gasteiger partial charge in [-0.1, -0.05) is 12.1 Å². The van der Waals surface area contributed by atoms with Crippen LogP contribution in [0.3, 0.4) is 0 Å². The number of carboxylic acid groups (broad SMARTS) is 1. The van der Waals surface area contributed by atoms with E-state index >= 15 is 0 Å². The Balaban J connectivity index is 2.67. The maximum absolute atomic E-state index is 10.5. The molecular weight excluding hydrogens is 192 g/mol. The van der Waals surface area contributed by atoms with Crippen LogP contribution in [0.25, 0.3) is 0 Å². The molecule has 0 aliphatic rings. The number of benzene rings is 1. The third-order valence-electron chi connectivity index (χ3n) is 2.20. The molecule has 0 unspecified atom stereocenters. The highest BCUT2D eigenvalue weighted by Gasteiger charge is 2.02. The molecule has 0 atom stereocenters. The lowest BCUT2D eigenvalue weighted by Gasteiger charge is -2.18. The van der Waals surface area contributed by atoms with Gasteiger partial charge in [-0.15, -0.1) is 0 Å². The lowest BCUT2D eigenvalue weighted by molar-refractivity contribution is -0.136. The van der Waals surface area contributed by atoms with Crippen LogP contribution in [0, 0.1) is 0 Å². The fourth-order valence-electron chi connectivity index (χ4n) is 1.37. The number of nitrogens with two attached hydrogens (primary N) is 1. The average Bonchev–Trinajstić information content (AvgIpc) is 2.18. The molecule has 4 heteroatoms. The second-order valence-corrected chi connectivity index (χ2v) is 3.45. The minimum Gasteiger partial charge on any atom is -0.481 e. The number of hydrogen-bond acceptors (Lipinski definition) is 3. The highest BCUT2D eigenvalue weighted by molar-refractivity contribution is 5.70. The van der Waals surface area contributed by atoms with E-state index in [-0.39, 0.29) is 6.42 Å². The van der Waals surface area contributed by atoms with Crippen LogP contribution in [0.15, 0.2) is 24.3 Å². The van der Waals surface area contributed by atoms with Crippen LogP contribution < -0.4 is 10.6 Å². The molecule has 0 fully saturated rings. The molecule has 4 nitrogen and oxygen atoms in total. The minimum atomic E-state index is -0.807. The van der Waals surface area contributed by atoms with Gasteiger partial charge in [-0.25, -0.2) is 0 Å². The first-order chi connectivity index (χ1) is 7.13. The monoisotopic (exact) mass is 208 g/mol. The van der Waals surface area contributed by atoms with Crippen LogP contribution in [0.5, 0.6) is 0 Å². The molecule has 0 amide bonds. The van der Waals surface area contributed by atoms with Crippen LogP contribution in [0.1, 0.15) is 5.56 Å². The molecule has 0 spiro atoms. The van der Waals surface area contributed by atoms with Gasteiger partial charge in [0.25, 0.3) is 0 Å². The molecule has 0 heterocycles. The summed E-state index contributed by atoms with van der Waals surface area (Å²) in [4.78, 5) is 12.5. The fraction of sp³-hybridized carbons (Fsp3) is 0.364. The SMILES string of the molecule is CN(CCN)c1ccc(CC(=O)O)cc1. The van der Waals surface area contributed by atoms with E-state index < -0.39 is 5.97 Å². The Morgan fingerprint density at radius 3 is 2.47 bits per heavy atom. The Morgan fingerprint density at radius 2 is 2.00 bits per heavy atom. The van der Waals surface area contributed by atoms with Crippen LogP contribution >= 0.6 is 0 Å². The summed E-state index contributed by atoms with van der Waals surface area (Å²) in [5.41, 5.74) is 7.31. The maximum atomic E-state index is 10.5. The van der Waals surface area contributed by atoms with E-state index in [4.69, 9.17) is 10.8 Å².